The quantitative estimate of drug-likeness (QED) is 0.802. The molecule has 1 rings (SSSR count). The predicted octanol–water partition coefficient (Wildman–Crippen LogP) is 2.26. The zero-order valence-corrected chi connectivity index (χ0v) is 10.6. The minimum atomic E-state index is -0.390. The zero-order valence-electron chi connectivity index (χ0n) is 10.6. The first kappa shape index (κ1) is 14.0. The maximum Gasteiger partial charge on any atom is 0.224 e. The first-order valence-electron chi connectivity index (χ1n) is 6.13. The van der Waals surface area contributed by atoms with E-state index >= 15 is 0 Å². The molecule has 0 aliphatic carbocycles. The van der Waals surface area contributed by atoms with E-state index in [2.05, 4.69) is 11.4 Å². The van der Waals surface area contributed by atoms with Crippen LogP contribution in [0.4, 0.5) is 0 Å². The first-order chi connectivity index (χ1) is 8.76. The number of nitrogens with zero attached hydrogens (tertiary/aromatic N) is 1. The van der Waals surface area contributed by atoms with E-state index in [4.69, 9.17) is 10.00 Å². The molecule has 0 spiro atoms. The van der Waals surface area contributed by atoms with Gasteiger partial charge in [-0.15, -0.1) is 0 Å². The van der Waals surface area contributed by atoms with Crippen molar-refractivity contribution in [3.05, 3.63) is 30.3 Å². The summed E-state index contributed by atoms with van der Waals surface area (Å²) in [5.74, 6) is 0.599. The molecule has 1 aromatic rings. The molecular formula is C14H18N2O2. The van der Waals surface area contributed by atoms with Crippen LogP contribution in [-0.4, -0.2) is 18.6 Å². The second kappa shape index (κ2) is 8.13. The van der Waals surface area contributed by atoms with E-state index in [1.165, 1.54) is 0 Å². The number of nitrogens with one attached hydrogen (secondary N) is 1. The largest absolute Gasteiger partial charge is 0.493 e. The van der Waals surface area contributed by atoms with Crippen LogP contribution in [0.5, 0.6) is 5.75 Å². The molecule has 1 amide bonds. The molecule has 18 heavy (non-hydrogen) atoms. The Morgan fingerprint density at radius 3 is 2.78 bits per heavy atom. The van der Waals surface area contributed by atoms with Crippen molar-refractivity contribution in [3.63, 3.8) is 0 Å². The van der Waals surface area contributed by atoms with Crippen molar-refractivity contribution in [1.82, 2.24) is 5.32 Å². The van der Waals surface area contributed by atoms with E-state index < -0.39 is 0 Å². The second-order valence-corrected chi connectivity index (χ2v) is 3.95. The Labute approximate surface area is 108 Å². The molecule has 1 aromatic carbocycles. The molecule has 0 fully saturated rings. The number of benzene rings is 1. The van der Waals surface area contributed by atoms with E-state index in [0.717, 1.165) is 12.2 Å². The van der Waals surface area contributed by atoms with E-state index in [-0.39, 0.29) is 18.4 Å². The van der Waals surface area contributed by atoms with Crippen LogP contribution >= 0.6 is 0 Å². The zero-order chi connectivity index (χ0) is 13.2. The fourth-order valence-corrected chi connectivity index (χ4v) is 1.50. The fourth-order valence-electron chi connectivity index (χ4n) is 1.50. The SMILES string of the molecule is CCCC(C#N)NC(=O)CCOc1ccccc1. The van der Waals surface area contributed by atoms with E-state index in [9.17, 15) is 4.79 Å². The number of rotatable bonds is 7. The minimum absolute atomic E-state index is 0.147. The highest BCUT2D eigenvalue weighted by atomic mass is 16.5. The monoisotopic (exact) mass is 246 g/mol. The van der Waals surface area contributed by atoms with Crippen molar-refractivity contribution in [2.45, 2.75) is 32.2 Å². The molecule has 0 aliphatic heterocycles. The van der Waals surface area contributed by atoms with Crippen molar-refractivity contribution in [1.29, 1.82) is 5.26 Å². The van der Waals surface area contributed by atoms with Crippen molar-refractivity contribution < 1.29 is 9.53 Å². The topological polar surface area (TPSA) is 62.1 Å². The summed E-state index contributed by atoms with van der Waals surface area (Å²) in [5.41, 5.74) is 0. The highest BCUT2D eigenvalue weighted by molar-refractivity contribution is 5.76. The molecule has 0 bridgehead atoms. The number of carbonyl (C=O) groups is 1. The van der Waals surface area contributed by atoms with Gasteiger partial charge in [0.25, 0.3) is 0 Å². The predicted molar refractivity (Wildman–Crippen MR) is 69.0 cm³/mol. The summed E-state index contributed by atoms with van der Waals surface area (Å²) < 4.78 is 5.41. The lowest BCUT2D eigenvalue weighted by Crippen LogP contribution is -2.34. The van der Waals surface area contributed by atoms with E-state index in [1.807, 2.05) is 37.3 Å². The van der Waals surface area contributed by atoms with Gasteiger partial charge in [0.2, 0.25) is 5.91 Å². The van der Waals surface area contributed by atoms with Gasteiger partial charge in [0.05, 0.1) is 19.1 Å². The van der Waals surface area contributed by atoms with Gasteiger partial charge in [0, 0.05) is 0 Å². The third-order valence-electron chi connectivity index (χ3n) is 2.41. The third kappa shape index (κ3) is 5.35. The molecule has 96 valence electrons. The Kier molecular flexibility index (Phi) is 6.34. The summed E-state index contributed by atoms with van der Waals surface area (Å²) in [6.07, 6.45) is 1.82. The molecule has 0 saturated carbocycles. The molecule has 0 aliphatic rings. The summed E-state index contributed by atoms with van der Waals surface area (Å²) in [6.45, 7) is 2.30. The number of amides is 1. The van der Waals surface area contributed by atoms with Gasteiger partial charge in [-0.25, -0.2) is 0 Å². The maximum absolute atomic E-state index is 11.5. The summed E-state index contributed by atoms with van der Waals surface area (Å²) >= 11 is 0. The van der Waals surface area contributed by atoms with Gasteiger partial charge in [-0.1, -0.05) is 31.5 Å². The number of hydrogen-bond acceptors (Lipinski definition) is 3. The van der Waals surface area contributed by atoms with Gasteiger partial charge >= 0.3 is 0 Å². The number of hydrogen-bond donors (Lipinski definition) is 1. The summed E-state index contributed by atoms with van der Waals surface area (Å²) in [7, 11) is 0. The lowest BCUT2D eigenvalue weighted by atomic mass is 10.2. The number of ether oxygens (including phenoxy) is 1. The molecule has 0 radical (unpaired) electrons. The van der Waals surface area contributed by atoms with E-state index in [1.54, 1.807) is 0 Å². The molecule has 4 heteroatoms. The fraction of sp³-hybridized carbons (Fsp3) is 0.429. The molecule has 4 nitrogen and oxygen atoms in total. The summed E-state index contributed by atoms with van der Waals surface area (Å²) in [5, 5.41) is 11.5. The van der Waals surface area contributed by atoms with Crippen molar-refractivity contribution in [3.8, 4) is 11.8 Å². The number of nitriles is 1. The Morgan fingerprint density at radius 1 is 1.44 bits per heavy atom. The van der Waals surface area contributed by atoms with Crippen LogP contribution in [0.3, 0.4) is 0 Å². The van der Waals surface area contributed by atoms with Crippen molar-refractivity contribution in [2.75, 3.05) is 6.61 Å². The van der Waals surface area contributed by atoms with Crippen molar-refractivity contribution >= 4 is 5.91 Å². The normalized spacial score (nSPS) is 11.3. The van der Waals surface area contributed by atoms with Crippen LogP contribution in [0.1, 0.15) is 26.2 Å². The molecule has 0 saturated heterocycles. The minimum Gasteiger partial charge on any atom is -0.493 e. The maximum atomic E-state index is 11.5. The van der Waals surface area contributed by atoms with Gasteiger partial charge in [-0.2, -0.15) is 5.26 Å². The van der Waals surface area contributed by atoms with Gasteiger partial charge < -0.3 is 10.1 Å². The Hall–Kier alpha value is -2.02. The first-order valence-corrected chi connectivity index (χ1v) is 6.13. The van der Waals surface area contributed by atoms with Crippen LogP contribution in [0, 0.1) is 11.3 Å². The van der Waals surface area contributed by atoms with Crippen LogP contribution < -0.4 is 10.1 Å². The molecule has 1 atom stereocenters. The molecule has 0 aromatic heterocycles. The smallest absolute Gasteiger partial charge is 0.224 e. The Morgan fingerprint density at radius 2 is 2.17 bits per heavy atom. The highest BCUT2D eigenvalue weighted by Crippen LogP contribution is 2.08. The lowest BCUT2D eigenvalue weighted by Gasteiger charge is -2.10. The van der Waals surface area contributed by atoms with Crippen LogP contribution in [0.25, 0.3) is 0 Å². The number of carbonyl (C=O) groups excluding carboxylic acids is 1. The van der Waals surface area contributed by atoms with Crippen molar-refractivity contribution in [2.24, 2.45) is 0 Å². The summed E-state index contributed by atoms with van der Waals surface area (Å²) in [6, 6.07) is 11.0. The summed E-state index contributed by atoms with van der Waals surface area (Å²) in [4.78, 5) is 11.5. The number of para-hydroxylation sites is 1. The van der Waals surface area contributed by atoms with Gasteiger partial charge in [-0.05, 0) is 18.6 Å². The average Bonchev–Trinajstić information content (AvgIpc) is 2.39. The van der Waals surface area contributed by atoms with Crippen LogP contribution in [-0.2, 0) is 4.79 Å². The standard InChI is InChI=1S/C14H18N2O2/c1-2-6-12(11-15)16-14(17)9-10-18-13-7-4-3-5-8-13/h3-5,7-8,12H,2,6,9-10H2,1H3,(H,16,17). The molecule has 1 unspecified atom stereocenters. The van der Waals surface area contributed by atoms with Crippen LogP contribution in [0.2, 0.25) is 0 Å². The average molecular weight is 246 g/mol. The highest BCUT2D eigenvalue weighted by Gasteiger charge is 2.09. The van der Waals surface area contributed by atoms with Gasteiger partial charge in [0.1, 0.15) is 11.8 Å². The van der Waals surface area contributed by atoms with Gasteiger partial charge in [-0.3, -0.25) is 4.79 Å². The van der Waals surface area contributed by atoms with Crippen LogP contribution in [0.15, 0.2) is 30.3 Å². The molecule has 0 heterocycles. The van der Waals surface area contributed by atoms with Gasteiger partial charge in [0.15, 0.2) is 0 Å². The second-order valence-electron chi connectivity index (χ2n) is 3.95. The molecular weight excluding hydrogens is 228 g/mol. The van der Waals surface area contributed by atoms with E-state index in [0.29, 0.717) is 13.0 Å². The Balaban J connectivity index is 2.23. The third-order valence-corrected chi connectivity index (χ3v) is 2.41. The molecule has 1 N–H and O–H groups in total. The Bertz CT molecular complexity index is 398. The lowest BCUT2D eigenvalue weighted by molar-refractivity contribution is -0.122.